The summed E-state index contributed by atoms with van der Waals surface area (Å²) in [4.78, 5) is 13.2. The number of piperidine rings is 1. The number of amides is 1. The van der Waals surface area contributed by atoms with Gasteiger partial charge in [0.2, 0.25) is 0 Å². The van der Waals surface area contributed by atoms with Crippen LogP contribution >= 0.6 is 0 Å². The van der Waals surface area contributed by atoms with Crippen molar-refractivity contribution in [3.63, 3.8) is 0 Å². The van der Waals surface area contributed by atoms with Crippen molar-refractivity contribution in [2.24, 2.45) is 0 Å². The van der Waals surface area contributed by atoms with Crippen LogP contribution in [-0.4, -0.2) is 51.6 Å². The zero-order chi connectivity index (χ0) is 12.5. The smallest absolute Gasteiger partial charge is 0.410 e. The van der Waals surface area contributed by atoms with Crippen molar-refractivity contribution in [1.82, 2.24) is 4.90 Å². The lowest BCUT2D eigenvalue weighted by Gasteiger charge is -2.39. The molecule has 0 aromatic rings. The van der Waals surface area contributed by atoms with Crippen LogP contribution < -0.4 is 0 Å². The van der Waals surface area contributed by atoms with Crippen LogP contribution in [0.1, 0.15) is 34.1 Å². The molecule has 3 atom stereocenters. The summed E-state index contributed by atoms with van der Waals surface area (Å²) < 4.78 is 5.23. The Kier molecular flexibility index (Phi) is 3.80. The van der Waals surface area contributed by atoms with Crippen molar-refractivity contribution in [1.29, 1.82) is 0 Å². The number of aliphatic hydroxyl groups is 2. The summed E-state index contributed by atoms with van der Waals surface area (Å²) in [7, 11) is 0. The number of carbonyl (C=O) groups is 1. The van der Waals surface area contributed by atoms with Crippen LogP contribution in [0, 0.1) is 0 Å². The molecule has 0 radical (unpaired) electrons. The summed E-state index contributed by atoms with van der Waals surface area (Å²) in [5.74, 6) is 0. The van der Waals surface area contributed by atoms with E-state index in [2.05, 4.69) is 0 Å². The Morgan fingerprint density at radius 1 is 1.38 bits per heavy atom. The molecule has 1 amide bonds. The first-order valence-corrected chi connectivity index (χ1v) is 5.58. The minimum atomic E-state index is -0.902. The van der Waals surface area contributed by atoms with Gasteiger partial charge in [-0.05, 0) is 34.1 Å². The highest BCUT2D eigenvalue weighted by Gasteiger charge is 2.37. The predicted octanol–water partition coefficient (Wildman–Crippen LogP) is 0.738. The molecular formula is C11H21NO4. The predicted molar refractivity (Wildman–Crippen MR) is 59.0 cm³/mol. The lowest BCUT2D eigenvalue weighted by Crippen LogP contribution is -2.56. The monoisotopic (exact) mass is 231 g/mol. The highest BCUT2D eigenvalue weighted by molar-refractivity contribution is 5.68. The van der Waals surface area contributed by atoms with E-state index >= 15 is 0 Å². The zero-order valence-corrected chi connectivity index (χ0v) is 10.3. The number of hydrogen-bond acceptors (Lipinski definition) is 4. The molecule has 0 aromatic heterocycles. The largest absolute Gasteiger partial charge is 0.444 e. The number of nitrogens with zero attached hydrogens (tertiary/aromatic N) is 1. The first-order valence-electron chi connectivity index (χ1n) is 5.58. The van der Waals surface area contributed by atoms with E-state index < -0.39 is 29.9 Å². The molecule has 0 spiro atoms. The number of aliphatic hydroxyl groups excluding tert-OH is 2. The molecule has 0 bridgehead atoms. The van der Waals surface area contributed by atoms with Gasteiger partial charge in [-0.25, -0.2) is 4.79 Å². The topological polar surface area (TPSA) is 70.0 Å². The molecule has 1 aliphatic heterocycles. The van der Waals surface area contributed by atoms with Gasteiger partial charge in [0.25, 0.3) is 0 Å². The van der Waals surface area contributed by atoms with E-state index in [1.54, 1.807) is 27.7 Å². The average Bonchev–Trinajstić information content (AvgIpc) is 2.11. The molecule has 1 aliphatic rings. The van der Waals surface area contributed by atoms with Crippen LogP contribution in [0.15, 0.2) is 0 Å². The molecule has 1 rings (SSSR count). The number of ether oxygens (including phenoxy) is 1. The van der Waals surface area contributed by atoms with Crippen LogP contribution in [0.5, 0.6) is 0 Å². The van der Waals surface area contributed by atoms with Crippen molar-refractivity contribution >= 4 is 6.09 Å². The van der Waals surface area contributed by atoms with Gasteiger partial charge in [0, 0.05) is 6.54 Å². The van der Waals surface area contributed by atoms with Crippen LogP contribution in [-0.2, 0) is 4.74 Å². The second-order valence-corrected chi connectivity index (χ2v) is 5.26. The lowest BCUT2D eigenvalue weighted by molar-refractivity contribution is -0.0740. The Hall–Kier alpha value is -0.810. The molecule has 0 aromatic carbocycles. The highest BCUT2D eigenvalue weighted by Crippen LogP contribution is 2.20. The Morgan fingerprint density at radius 3 is 2.44 bits per heavy atom. The van der Waals surface area contributed by atoms with Gasteiger partial charge in [-0.15, -0.1) is 0 Å². The van der Waals surface area contributed by atoms with E-state index in [1.807, 2.05) is 0 Å². The average molecular weight is 231 g/mol. The van der Waals surface area contributed by atoms with Crippen molar-refractivity contribution in [2.75, 3.05) is 6.54 Å². The standard InChI is InChI=1S/C11H21NO4/c1-7-9(14)8(13)5-6-12(7)10(15)16-11(2,3)4/h7-9,13-14H,5-6H2,1-4H3/t7-,8-,9+/m1/s1. The molecule has 16 heavy (non-hydrogen) atoms. The van der Waals surface area contributed by atoms with E-state index in [0.717, 1.165) is 0 Å². The normalized spacial score (nSPS) is 31.4. The third-order valence-corrected chi connectivity index (χ3v) is 2.67. The van der Waals surface area contributed by atoms with Crippen LogP contribution in [0.25, 0.3) is 0 Å². The molecule has 0 unspecified atom stereocenters. The van der Waals surface area contributed by atoms with Crippen molar-refractivity contribution in [2.45, 2.75) is 58.0 Å². The van der Waals surface area contributed by atoms with Crippen LogP contribution in [0.2, 0.25) is 0 Å². The Bertz CT molecular complexity index is 261. The first kappa shape index (κ1) is 13.3. The molecule has 5 nitrogen and oxygen atoms in total. The van der Waals surface area contributed by atoms with E-state index in [1.165, 1.54) is 4.90 Å². The molecule has 94 valence electrons. The van der Waals surface area contributed by atoms with Gasteiger partial charge in [-0.2, -0.15) is 0 Å². The summed E-state index contributed by atoms with van der Waals surface area (Å²) in [5.41, 5.74) is -0.544. The van der Waals surface area contributed by atoms with E-state index in [4.69, 9.17) is 4.74 Å². The minimum Gasteiger partial charge on any atom is -0.444 e. The summed E-state index contributed by atoms with van der Waals surface area (Å²) >= 11 is 0. The van der Waals surface area contributed by atoms with Crippen molar-refractivity contribution in [3.8, 4) is 0 Å². The fraction of sp³-hybridized carbons (Fsp3) is 0.909. The van der Waals surface area contributed by atoms with Gasteiger partial charge in [0.1, 0.15) is 11.7 Å². The van der Waals surface area contributed by atoms with Crippen LogP contribution in [0.4, 0.5) is 4.79 Å². The van der Waals surface area contributed by atoms with Gasteiger partial charge < -0.3 is 19.8 Å². The van der Waals surface area contributed by atoms with Gasteiger partial charge in [-0.3, -0.25) is 0 Å². The van der Waals surface area contributed by atoms with E-state index in [9.17, 15) is 15.0 Å². The summed E-state index contributed by atoms with van der Waals surface area (Å²) in [6.45, 7) is 7.51. The summed E-state index contributed by atoms with van der Waals surface area (Å²) in [6, 6.07) is -0.418. The van der Waals surface area contributed by atoms with Gasteiger partial charge in [0.05, 0.1) is 12.1 Å². The third kappa shape index (κ3) is 3.09. The third-order valence-electron chi connectivity index (χ3n) is 2.67. The van der Waals surface area contributed by atoms with Crippen molar-refractivity contribution in [3.05, 3.63) is 0 Å². The fourth-order valence-electron chi connectivity index (χ4n) is 1.73. The number of carbonyl (C=O) groups excluding carboxylic acids is 1. The lowest BCUT2D eigenvalue weighted by atomic mass is 9.98. The molecule has 2 N–H and O–H groups in total. The minimum absolute atomic E-state index is 0.380. The molecule has 1 fully saturated rings. The molecule has 0 saturated carbocycles. The maximum absolute atomic E-state index is 11.8. The quantitative estimate of drug-likeness (QED) is 0.645. The van der Waals surface area contributed by atoms with Gasteiger partial charge >= 0.3 is 6.09 Å². The Morgan fingerprint density at radius 2 is 1.94 bits per heavy atom. The molecule has 1 saturated heterocycles. The van der Waals surface area contributed by atoms with Gasteiger partial charge in [0.15, 0.2) is 0 Å². The molecular weight excluding hydrogens is 210 g/mol. The maximum Gasteiger partial charge on any atom is 0.410 e. The zero-order valence-electron chi connectivity index (χ0n) is 10.3. The number of rotatable bonds is 0. The molecule has 1 heterocycles. The van der Waals surface area contributed by atoms with E-state index in [0.29, 0.717) is 13.0 Å². The SMILES string of the molecule is C[C@@H]1[C@H](O)[C@H](O)CCN1C(=O)OC(C)(C)C. The Labute approximate surface area is 96.0 Å². The summed E-state index contributed by atoms with van der Waals surface area (Å²) in [5, 5.41) is 19.1. The van der Waals surface area contributed by atoms with Crippen molar-refractivity contribution < 1.29 is 19.7 Å². The second kappa shape index (κ2) is 4.59. The second-order valence-electron chi connectivity index (χ2n) is 5.26. The number of likely N-dealkylation sites (tertiary alicyclic amines) is 1. The Balaban J connectivity index is 2.64. The van der Waals surface area contributed by atoms with Crippen LogP contribution in [0.3, 0.4) is 0 Å². The summed E-state index contributed by atoms with van der Waals surface area (Å²) in [6.07, 6.45) is -1.72. The van der Waals surface area contributed by atoms with E-state index in [-0.39, 0.29) is 0 Å². The first-order chi connectivity index (χ1) is 7.22. The fourth-order valence-corrected chi connectivity index (χ4v) is 1.73. The number of hydrogen-bond donors (Lipinski definition) is 2. The van der Waals surface area contributed by atoms with Gasteiger partial charge in [-0.1, -0.05) is 0 Å². The molecule has 0 aliphatic carbocycles. The molecule has 5 heteroatoms. The maximum atomic E-state index is 11.8. The highest BCUT2D eigenvalue weighted by atomic mass is 16.6.